The van der Waals surface area contributed by atoms with E-state index >= 15 is 0 Å². The Morgan fingerprint density at radius 2 is 2.14 bits per heavy atom. The van der Waals surface area contributed by atoms with Gasteiger partial charge in [0.2, 0.25) is 5.91 Å². The molecule has 0 spiro atoms. The van der Waals surface area contributed by atoms with Crippen LogP contribution in [0.2, 0.25) is 0 Å². The number of benzene rings is 1. The van der Waals surface area contributed by atoms with Gasteiger partial charge in [0.25, 0.3) is 0 Å². The highest BCUT2D eigenvalue weighted by Crippen LogP contribution is 2.33. The molecule has 0 aliphatic carbocycles. The van der Waals surface area contributed by atoms with Crippen LogP contribution in [0.1, 0.15) is 45.2 Å². The molecule has 2 rings (SSSR count). The van der Waals surface area contributed by atoms with Crippen LogP contribution in [0, 0.1) is 11.3 Å². The zero-order valence-corrected chi connectivity index (χ0v) is 14.7. The minimum atomic E-state index is -0.344. The third-order valence-electron chi connectivity index (χ3n) is 4.62. The van der Waals surface area contributed by atoms with Crippen LogP contribution in [0.3, 0.4) is 0 Å². The number of amides is 1. The van der Waals surface area contributed by atoms with E-state index in [0.29, 0.717) is 5.92 Å². The van der Waals surface area contributed by atoms with Gasteiger partial charge in [-0.3, -0.25) is 4.79 Å². The molecule has 1 aromatic rings. The van der Waals surface area contributed by atoms with E-state index in [1.54, 1.807) is 0 Å². The van der Waals surface area contributed by atoms with Crippen LogP contribution in [-0.4, -0.2) is 19.0 Å². The van der Waals surface area contributed by atoms with E-state index in [1.807, 2.05) is 31.2 Å². The van der Waals surface area contributed by atoms with Gasteiger partial charge >= 0.3 is 0 Å². The van der Waals surface area contributed by atoms with Crippen LogP contribution in [-0.2, 0) is 4.79 Å². The molecule has 1 aliphatic rings. The molecule has 1 amide bonds. The molecule has 21 heavy (non-hydrogen) atoms. The Kier molecular flexibility index (Phi) is 5.44. The quantitative estimate of drug-likeness (QED) is 0.868. The van der Waals surface area contributed by atoms with Crippen molar-refractivity contribution in [3.8, 4) is 0 Å². The van der Waals surface area contributed by atoms with Gasteiger partial charge in [-0.2, -0.15) is 0 Å². The molecule has 0 radical (unpaired) electrons. The average Bonchev–Trinajstić information content (AvgIpc) is 2.48. The maximum absolute atomic E-state index is 12.7. The normalized spacial score (nSPS) is 20.9. The molecule has 1 saturated heterocycles. The lowest BCUT2D eigenvalue weighted by Gasteiger charge is -2.36. The molecule has 1 heterocycles. The zero-order valence-electron chi connectivity index (χ0n) is 13.1. The summed E-state index contributed by atoms with van der Waals surface area (Å²) in [7, 11) is 0. The Bertz CT molecular complexity index is 495. The molecule has 1 aliphatic heterocycles. The van der Waals surface area contributed by atoms with Crippen molar-refractivity contribution in [3.63, 3.8) is 0 Å². The van der Waals surface area contributed by atoms with Crippen LogP contribution in [0.5, 0.6) is 0 Å². The number of carbonyl (C=O) groups is 1. The molecular weight excluding hydrogens is 328 g/mol. The van der Waals surface area contributed by atoms with Gasteiger partial charge in [-0.25, -0.2) is 0 Å². The van der Waals surface area contributed by atoms with E-state index in [0.717, 1.165) is 36.0 Å². The highest BCUT2D eigenvalue weighted by molar-refractivity contribution is 9.10. The van der Waals surface area contributed by atoms with Crippen LogP contribution in [0.15, 0.2) is 28.7 Å². The van der Waals surface area contributed by atoms with E-state index in [1.165, 1.54) is 0 Å². The molecular formula is C17H25BrN2O. The first-order valence-electron chi connectivity index (χ1n) is 7.69. The second-order valence-corrected chi connectivity index (χ2v) is 7.34. The van der Waals surface area contributed by atoms with Gasteiger partial charge < -0.3 is 10.6 Å². The lowest BCUT2D eigenvalue weighted by Crippen LogP contribution is -2.47. The van der Waals surface area contributed by atoms with Gasteiger partial charge in [-0.15, -0.1) is 0 Å². The molecule has 2 N–H and O–H groups in total. The summed E-state index contributed by atoms with van der Waals surface area (Å²) < 4.78 is 1.04. The Morgan fingerprint density at radius 3 is 2.76 bits per heavy atom. The number of carbonyl (C=O) groups excluding carboxylic acids is 1. The fourth-order valence-electron chi connectivity index (χ4n) is 2.94. The van der Waals surface area contributed by atoms with E-state index < -0.39 is 0 Å². The highest BCUT2D eigenvalue weighted by Gasteiger charge is 2.37. The third kappa shape index (κ3) is 3.86. The van der Waals surface area contributed by atoms with Gasteiger partial charge in [0.05, 0.1) is 6.04 Å². The fourth-order valence-corrected chi connectivity index (χ4v) is 3.57. The molecule has 2 unspecified atom stereocenters. The third-order valence-corrected chi connectivity index (χ3v) is 5.34. The van der Waals surface area contributed by atoms with Gasteiger partial charge in [-0.05, 0) is 50.4 Å². The summed E-state index contributed by atoms with van der Waals surface area (Å²) in [5.74, 6) is 0.539. The minimum absolute atomic E-state index is 0.00361. The molecule has 2 atom stereocenters. The molecule has 1 fully saturated rings. The smallest absolute Gasteiger partial charge is 0.226 e. The number of halogens is 1. The Hall–Kier alpha value is -0.870. The van der Waals surface area contributed by atoms with E-state index in [-0.39, 0.29) is 17.4 Å². The maximum atomic E-state index is 12.7. The van der Waals surface area contributed by atoms with Gasteiger partial charge in [-0.1, -0.05) is 48.0 Å². The monoisotopic (exact) mass is 352 g/mol. The number of hydrogen-bond donors (Lipinski definition) is 2. The largest absolute Gasteiger partial charge is 0.349 e. The summed E-state index contributed by atoms with van der Waals surface area (Å²) in [5, 5.41) is 6.58. The predicted octanol–water partition coefficient (Wildman–Crippen LogP) is 3.65. The minimum Gasteiger partial charge on any atom is -0.349 e. The first-order chi connectivity index (χ1) is 9.93. The van der Waals surface area contributed by atoms with Gasteiger partial charge in [0.15, 0.2) is 0 Å². The van der Waals surface area contributed by atoms with Gasteiger partial charge in [0, 0.05) is 9.89 Å². The SMILES string of the molecule is CC(NC(=O)C(C)(C)C1CCCNC1)c1ccccc1Br. The van der Waals surface area contributed by atoms with Crippen molar-refractivity contribution >= 4 is 21.8 Å². The van der Waals surface area contributed by atoms with E-state index in [4.69, 9.17) is 0 Å². The second kappa shape index (κ2) is 6.93. The number of rotatable bonds is 4. The average molecular weight is 353 g/mol. The van der Waals surface area contributed by atoms with Crippen molar-refractivity contribution in [2.45, 2.75) is 39.7 Å². The molecule has 0 bridgehead atoms. The Morgan fingerprint density at radius 1 is 1.43 bits per heavy atom. The first kappa shape index (κ1) is 16.5. The van der Waals surface area contributed by atoms with Gasteiger partial charge in [0.1, 0.15) is 0 Å². The fraction of sp³-hybridized carbons (Fsp3) is 0.588. The van der Waals surface area contributed by atoms with Crippen LogP contribution in [0.25, 0.3) is 0 Å². The van der Waals surface area contributed by atoms with Crippen molar-refractivity contribution < 1.29 is 4.79 Å². The summed E-state index contributed by atoms with van der Waals surface area (Å²) in [5.41, 5.74) is 0.770. The molecule has 1 aromatic carbocycles. The summed E-state index contributed by atoms with van der Waals surface area (Å²) in [6.45, 7) is 8.16. The molecule has 0 saturated carbocycles. The molecule has 0 aromatic heterocycles. The number of piperidine rings is 1. The van der Waals surface area contributed by atoms with E-state index in [2.05, 4.69) is 40.4 Å². The summed E-state index contributed by atoms with van der Waals surface area (Å²) in [4.78, 5) is 12.7. The highest BCUT2D eigenvalue weighted by atomic mass is 79.9. The first-order valence-corrected chi connectivity index (χ1v) is 8.48. The van der Waals surface area contributed by atoms with Crippen molar-refractivity contribution in [2.24, 2.45) is 11.3 Å². The Labute approximate surface area is 136 Å². The summed E-state index contributed by atoms with van der Waals surface area (Å²) in [6, 6.07) is 8.04. The second-order valence-electron chi connectivity index (χ2n) is 6.48. The lowest BCUT2D eigenvalue weighted by atomic mass is 9.74. The van der Waals surface area contributed by atoms with Crippen LogP contribution >= 0.6 is 15.9 Å². The van der Waals surface area contributed by atoms with Crippen molar-refractivity contribution in [1.82, 2.24) is 10.6 Å². The van der Waals surface area contributed by atoms with E-state index in [9.17, 15) is 4.79 Å². The topological polar surface area (TPSA) is 41.1 Å². The maximum Gasteiger partial charge on any atom is 0.226 e. The van der Waals surface area contributed by atoms with Crippen LogP contribution < -0.4 is 10.6 Å². The van der Waals surface area contributed by atoms with Crippen molar-refractivity contribution in [1.29, 1.82) is 0 Å². The van der Waals surface area contributed by atoms with Crippen molar-refractivity contribution in [3.05, 3.63) is 34.3 Å². The Balaban J connectivity index is 2.04. The van der Waals surface area contributed by atoms with Crippen LogP contribution in [0.4, 0.5) is 0 Å². The number of nitrogens with one attached hydrogen (secondary N) is 2. The molecule has 116 valence electrons. The number of hydrogen-bond acceptors (Lipinski definition) is 2. The lowest BCUT2D eigenvalue weighted by molar-refractivity contribution is -0.133. The zero-order chi connectivity index (χ0) is 15.5. The molecule has 4 heteroatoms. The standard InChI is InChI=1S/C17H25BrN2O/c1-12(14-8-4-5-9-15(14)18)20-16(21)17(2,3)13-7-6-10-19-11-13/h4-5,8-9,12-13,19H,6-7,10-11H2,1-3H3,(H,20,21). The predicted molar refractivity (Wildman–Crippen MR) is 90.1 cm³/mol. The summed E-state index contributed by atoms with van der Waals surface area (Å²) >= 11 is 3.55. The summed E-state index contributed by atoms with van der Waals surface area (Å²) in [6.07, 6.45) is 2.28. The van der Waals surface area contributed by atoms with Crippen molar-refractivity contribution in [2.75, 3.05) is 13.1 Å². The molecule has 3 nitrogen and oxygen atoms in total.